The van der Waals surface area contributed by atoms with Crippen LogP contribution in [0.5, 0.6) is 5.75 Å². The first-order valence-corrected chi connectivity index (χ1v) is 5.77. The van der Waals surface area contributed by atoms with Crippen molar-refractivity contribution in [2.45, 2.75) is 25.9 Å². The predicted molar refractivity (Wildman–Crippen MR) is 62.7 cm³/mol. The lowest BCUT2D eigenvalue weighted by Crippen LogP contribution is -2.37. The first-order valence-electron chi connectivity index (χ1n) is 5.39. The minimum Gasteiger partial charge on any atom is -0.489 e. The quantitative estimate of drug-likeness (QED) is 0.836. The van der Waals surface area contributed by atoms with Gasteiger partial charge in [0.15, 0.2) is 0 Å². The molecule has 15 heavy (non-hydrogen) atoms. The minimum atomic E-state index is 0.288. The molecule has 0 bridgehead atoms. The largest absolute Gasteiger partial charge is 0.489 e. The average Bonchev–Trinajstić information content (AvgIpc) is 2.25. The lowest BCUT2D eigenvalue weighted by Gasteiger charge is -2.24. The number of aryl methyl sites for hydroxylation is 1. The Morgan fingerprint density at radius 1 is 1.47 bits per heavy atom. The number of nitrogens with one attached hydrogen (secondary N) is 1. The van der Waals surface area contributed by atoms with Gasteiger partial charge in [0, 0.05) is 11.6 Å². The molecule has 1 aliphatic rings. The summed E-state index contributed by atoms with van der Waals surface area (Å²) >= 11 is 5.94. The molecule has 1 aromatic rings. The van der Waals surface area contributed by atoms with E-state index in [1.54, 1.807) is 0 Å². The number of benzene rings is 1. The fraction of sp³-hybridized carbons (Fsp3) is 0.500. The Hall–Kier alpha value is -0.730. The first kappa shape index (κ1) is 10.8. The summed E-state index contributed by atoms with van der Waals surface area (Å²) in [4.78, 5) is 0. The van der Waals surface area contributed by atoms with E-state index in [2.05, 4.69) is 5.32 Å². The highest BCUT2D eigenvalue weighted by atomic mass is 35.5. The molecule has 0 saturated carbocycles. The first-order chi connectivity index (χ1) is 7.25. The molecule has 0 spiro atoms. The highest BCUT2D eigenvalue weighted by Gasteiger charge is 2.15. The lowest BCUT2D eigenvalue weighted by molar-refractivity contribution is 0.166. The molecule has 1 N–H and O–H groups in total. The van der Waals surface area contributed by atoms with E-state index in [0.717, 1.165) is 35.8 Å². The van der Waals surface area contributed by atoms with Gasteiger partial charge in [-0.2, -0.15) is 0 Å². The molecule has 3 heteroatoms. The summed E-state index contributed by atoms with van der Waals surface area (Å²) in [5, 5.41) is 4.07. The molecule has 0 amide bonds. The van der Waals surface area contributed by atoms with Gasteiger partial charge >= 0.3 is 0 Å². The summed E-state index contributed by atoms with van der Waals surface area (Å²) in [6.45, 7) is 4.09. The van der Waals surface area contributed by atoms with Crippen LogP contribution in [0.25, 0.3) is 0 Å². The van der Waals surface area contributed by atoms with Gasteiger partial charge in [0.05, 0.1) is 0 Å². The van der Waals surface area contributed by atoms with Gasteiger partial charge in [-0.1, -0.05) is 17.7 Å². The highest BCUT2D eigenvalue weighted by molar-refractivity contribution is 6.30. The van der Waals surface area contributed by atoms with Gasteiger partial charge in [0.2, 0.25) is 0 Å². The molecule has 2 nitrogen and oxygen atoms in total. The van der Waals surface area contributed by atoms with Gasteiger partial charge < -0.3 is 10.1 Å². The minimum absolute atomic E-state index is 0.288. The third kappa shape index (κ3) is 2.86. The SMILES string of the molecule is Cc1ccc(Cl)cc1OC1CCCNC1. The van der Waals surface area contributed by atoms with Crippen LogP contribution >= 0.6 is 11.6 Å². The van der Waals surface area contributed by atoms with Crippen LogP contribution in [-0.2, 0) is 0 Å². The van der Waals surface area contributed by atoms with E-state index < -0.39 is 0 Å². The molecular weight excluding hydrogens is 210 g/mol. The molecule has 82 valence electrons. The van der Waals surface area contributed by atoms with Crippen LogP contribution in [0.1, 0.15) is 18.4 Å². The van der Waals surface area contributed by atoms with Crippen molar-refractivity contribution in [2.24, 2.45) is 0 Å². The van der Waals surface area contributed by atoms with Gasteiger partial charge in [-0.05, 0) is 44.0 Å². The number of ether oxygens (including phenoxy) is 1. The Kier molecular flexibility index (Phi) is 3.49. The molecule has 1 heterocycles. The summed E-state index contributed by atoms with van der Waals surface area (Å²) < 4.78 is 5.92. The summed E-state index contributed by atoms with van der Waals surface area (Å²) in [5.41, 5.74) is 1.14. The molecule has 0 aromatic heterocycles. The molecule has 2 rings (SSSR count). The predicted octanol–water partition coefficient (Wildman–Crippen LogP) is 2.78. The standard InChI is InChI=1S/C12H16ClNO/c1-9-4-5-10(13)7-12(9)15-11-3-2-6-14-8-11/h4-5,7,11,14H,2-3,6,8H2,1H3. The van der Waals surface area contributed by atoms with Gasteiger partial charge in [-0.15, -0.1) is 0 Å². The summed E-state index contributed by atoms with van der Waals surface area (Å²) in [6, 6.07) is 5.78. The van der Waals surface area contributed by atoms with Crippen molar-refractivity contribution in [3.05, 3.63) is 28.8 Å². The topological polar surface area (TPSA) is 21.3 Å². The molecule has 0 radical (unpaired) electrons. The molecule has 1 atom stereocenters. The van der Waals surface area contributed by atoms with Crippen LogP contribution < -0.4 is 10.1 Å². The number of rotatable bonds is 2. The second-order valence-corrected chi connectivity index (χ2v) is 4.43. The Balaban J connectivity index is 2.05. The van der Waals surface area contributed by atoms with Gasteiger partial charge in [0.1, 0.15) is 11.9 Å². The summed E-state index contributed by atoms with van der Waals surface area (Å²) in [7, 11) is 0. The van der Waals surface area contributed by atoms with Crippen molar-refractivity contribution < 1.29 is 4.74 Å². The zero-order chi connectivity index (χ0) is 10.7. The molecule has 0 aliphatic carbocycles. The van der Waals surface area contributed by atoms with E-state index in [0.29, 0.717) is 0 Å². The van der Waals surface area contributed by atoms with Crippen LogP contribution in [-0.4, -0.2) is 19.2 Å². The van der Waals surface area contributed by atoms with Crippen molar-refractivity contribution in [1.82, 2.24) is 5.32 Å². The van der Waals surface area contributed by atoms with E-state index in [9.17, 15) is 0 Å². The Morgan fingerprint density at radius 2 is 2.33 bits per heavy atom. The van der Waals surface area contributed by atoms with Crippen molar-refractivity contribution in [3.8, 4) is 5.75 Å². The number of hydrogen-bond donors (Lipinski definition) is 1. The molecule has 1 unspecified atom stereocenters. The monoisotopic (exact) mass is 225 g/mol. The number of halogens is 1. The van der Waals surface area contributed by atoms with Gasteiger partial charge in [0.25, 0.3) is 0 Å². The van der Waals surface area contributed by atoms with E-state index in [4.69, 9.17) is 16.3 Å². The third-order valence-corrected chi connectivity index (χ3v) is 2.93. The van der Waals surface area contributed by atoms with Gasteiger partial charge in [-0.25, -0.2) is 0 Å². The molecular formula is C12H16ClNO. The van der Waals surface area contributed by atoms with Crippen molar-refractivity contribution in [2.75, 3.05) is 13.1 Å². The molecule has 1 aromatic carbocycles. The second kappa shape index (κ2) is 4.86. The molecule has 1 saturated heterocycles. The fourth-order valence-electron chi connectivity index (χ4n) is 1.80. The molecule has 1 fully saturated rings. The Morgan fingerprint density at radius 3 is 3.07 bits per heavy atom. The van der Waals surface area contributed by atoms with Crippen LogP contribution in [0, 0.1) is 6.92 Å². The van der Waals surface area contributed by atoms with E-state index in [1.807, 2.05) is 25.1 Å². The van der Waals surface area contributed by atoms with E-state index in [1.165, 1.54) is 6.42 Å². The van der Waals surface area contributed by atoms with E-state index >= 15 is 0 Å². The fourth-order valence-corrected chi connectivity index (χ4v) is 1.96. The van der Waals surface area contributed by atoms with Crippen LogP contribution in [0.15, 0.2) is 18.2 Å². The van der Waals surface area contributed by atoms with Crippen LogP contribution in [0.2, 0.25) is 5.02 Å². The normalized spacial score (nSPS) is 21.3. The van der Waals surface area contributed by atoms with Crippen LogP contribution in [0.4, 0.5) is 0 Å². The average molecular weight is 226 g/mol. The third-order valence-electron chi connectivity index (χ3n) is 2.70. The van der Waals surface area contributed by atoms with E-state index in [-0.39, 0.29) is 6.10 Å². The van der Waals surface area contributed by atoms with Crippen molar-refractivity contribution >= 4 is 11.6 Å². The summed E-state index contributed by atoms with van der Waals surface area (Å²) in [6.07, 6.45) is 2.60. The second-order valence-electron chi connectivity index (χ2n) is 4.00. The smallest absolute Gasteiger partial charge is 0.124 e. The van der Waals surface area contributed by atoms with Crippen molar-refractivity contribution in [1.29, 1.82) is 0 Å². The number of piperidine rings is 1. The maximum Gasteiger partial charge on any atom is 0.124 e. The van der Waals surface area contributed by atoms with Crippen LogP contribution in [0.3, 0.4) is 0 Å². The van der Waals surface area contributed by atoms with Crippen molar-refractivity contribution in [3.63, 3.8) is 0 Å². The van der Waals surface area contributed by atoms with Gasteiger partial charge in [-0.3, -0.25) is 0 Å². The number of hydrogen-bond acceptors (Lipinski definition) is 2. The Labute approximate surface area is 95.6 Å². The maximum atomic E-state index is 5.94. The molecule has 1 aliphatic heterocycles. The highest BCUT2D eigenvalue weighted by Crippen LogP contribution is 2.24. The summed E-state index contributed by atoms with van der Waals surface area (Å²) in [5.74, 6) is 0.913. The Bertz CT molecular complexity index is 334. The lowest BCUT2D eigenvalue weighted by atomic mass is 10.1. The maximum absolute atomic E-state index is 5.94. The zero-order valence-electron chi connectivity index (χ0n) is 8.92. The zero-order valence-corrected chi connectivity index (χ0v) is 9.68.